The average molecular weight is 262 g/mol. The Morgan fingerprint density at radius 1 is 1.21 bits per heavy atom. The maximum Gasteiger partial charge on any atom is 0.0836 e. The van der Waals surface area contributed by atoms with Gasteiger partial charge in [-0.2, -0.15) is 0 Å². The number of benzene rings is 1. The van der Waals surface area contributed by atoms with Crippen molar-refractivity contribution in [3.05, 3.63) is 29.8 Å². The van der Waals surface area contributed by atoms with Crippen LogP contribution in [0.4, 0.5) is 5.69 Å². The molecule has 106 valence electrons. The SMILES string of the molecule is CN(CC(O)CN)c1ccc(C2CCCCC2)cc1. The molecule has 1 aliphatic rings. The lowest BCUT2D eigenvalue weighted by molar-refractivity contribution is 0.189. The van der Waals surface area contributed by atoms with Crippen molar-refractivity contribution >= 4 is 5.69 Å². The molecule has 3 nitrogen and oxygen atoms in total. The number of nitrogens with zero attached hydrogens (tertiary/aromatic N) is 1. The first kappa shape index (κ1) is 14.4. The van der Waals surface area contributed by atoms with E-state index in [-0.39, 0.29) is 0 Å². The Kier molecular flexibility index (Phi) is 5.23. The van der Waals surface area contributed by atoms with E-state index in [1.807, 2.05) is 7.05 Å². The molecular weight excluding hydrogens is 236 g/mol. The molecule has 19 heavy (non-hydrogen) atoms. The zero-order valence-corrected chi connectivity index (χ0v) is 11.9. The van der Waals surface area contributed by atoms with Gasteiger partial charge in [0.15, 0.2) is 0 Å². The Labute approximate surface area is 116 Å². The van der Waals surface area contributed by atoms with Crippen molar-refractivity contribution in [2.24, 2.45) is 5.73 Å². The standard InChI is InChI=1S/C16H26N2O/c1-18(12-16(19)11-17)15-9-7-14(8-10-15)13-5-3-2-4-6-13/h7-10,13,16,19H,2-6,11-12,17H2,1H3. The summed E-state index contributed by atoms with van der Waals surface area (Å²) in [5, 5.41) is 9.58. The fourth-order valence-corrected chi connectivity index (χ4v) is 2.93. The molecule has 1 aliphatic carbocycles. The molecule has 0 aliphatic heterocycles. The highest BCUT2D eigenvalue weighted by Gasteiger charge is 2.15. The molecule has 2 rings (SSSR count). The van der Waals surface area contributed by atoms with Crippen LogP contribution in [0.3, 0.4) is 0 Å². The van der Waals surface area contributed by atoms with Gasteiger partial charge in [0.1, 0.15) is 0 Å². The molecule has 3 heteroatoms. The summed E-state index contributed by atoms with van der Waals surface area (Å²) >= 11 is 0. The molecule has 0 saturated heterocycles. The van der Waals surface area contributed by atoms with Crippen molar-refractivity contribution in [1.29, 1.82) is 0 Å². The van der Waals surface area contributed by atoms with Gasteiger partial charge in [-0.1, -0.05) is 31.4 Å². The Hall–Kier alpha value is -1.06. The minimum Gasteiger partial charge on any atom is -0.390 e. The molecule has 1 saturated carbocycles. The van der Waals surface area contributed by atoms with Crippen molar-refractivity contribution in [3.63, 3.8) is 0 Å². The predicted molar refractivity (Wildman–Crippen MR) is 80.6 cm³/mol. The van der Waals surface area contributed by atoms with Gasteiger partial charge in [-0.05, 0) is 36.5 Å². The molecule has 1 unspecified atom stereocenters. The van der Waals surface area contributed by atoms with Gasteiger partial charge in [0.2, 0.25) is 0 Å². The second-order valence-corrected chi connectivity index (χ2v) is 5.70. The lowest BCUT2D eigenvalue weighted by Crippen LogP contribution is -2.34. The first-order valence-electron chi connectivity index (χ1n) is 7.40. The van der Waals surface area contributed by atoms with Crippen LogP contribution in [0, 0.1) is 0 Å². The Morgan fingerprint density at radius 3 is 2.42 bits per heavy atom. The highest BCUT2D eigenvalue weighted by Crippen LogP contribution is 2.33. The summed E-state index contributed by atoms with van der Waals surface area (Å²) in [6.45, 7) is 0.893. The molecule has 1 aromatic rings. The summed E-state index contributed by atoms with van der Waals surface area (Å²) in [4.78, 5) is 2.06. The number of anilines is 1. The van der Waals surface area contributed by atoms with Gasteiger partial charge in [0.05, 0.1) is 6.10 Å². The maximum absolute atomic E-state index is 9.58. The van der Waals surface area contributed by atoms with Crippen LogP contribution >= 0.6 is 0 Å². The van der Waals surface area contributed by atoms with Crippen LogP contribution < -0.4 is 10.6 Å². The molecule has 0 heterocycles. The third kappa shape index (κ3) is 3.95. The van der Waals surface area contributed by atoms with Crippen LogP contribution in [0.25, 0.3) is 0 Å². The highest BCUT2D eigenvalue weighted by atomic mass is 16.3. The average Bonchev–Trinajstić information content (AvgIpc) is 2.48. The summed E-state index contributed by atoms with van der Waals surface area (Å²) in [6.07, 6.45) is 6.35. The number of rotatable bonds is 5. The first-order chi connectivity index (χ1) is 9.20. The number of likely N-dealkylation sites (N-methyl/N-ethyl adjacent to an activating group) is 1. The summed E-state index contributed by atoms with van der Waals surface area (Å²) < 4.78 is 0. The lowest BCUT2D eigenvalue weighted by Gasteiger charge is -2.24. The zero-order valence-electron chi connectivity index (χ0n) is 11.9. The summed E-state index contributed by atoms with van der Waals surface area (Å²) in [5.41, 5.74) is 8.06. The molecule has 1 fully saturated rings. The monoisotopic (exact) mass is 262 g/mol. The second kappa shape index (κ2) is 6.92. The molecule has 0 spiro atoms. The van der Waals surface area contributed by atoms with E-state index in [0.717, 1.165) is 11.6 Å². The van der Waals surface area contributed by atoms with Crippen LogP contribution in [0.2, 0.25) is 0 Å². The van der Waals surface area contributed by atoms with Gasteiger partial charge < -0.3 is 15.7 Å². The van der Waals surface area contributed by atoms with Gasteiger partial charge >= 0.3 is 0 Å². The first-order valence-corrected chi connectivity index (χ1v) is 7.40. The van der Waals surface area contributed by atoms with Crippen LogP contribution in [0.5, 0.6) is 0 Å². The number of aliphatic hydroxyl groups is 1. The minimum atomic E-state index is -0.456. The van der Waals surface area contributed by atoms with E-state index in [1.165, 1.54) is 37.7 Å². The molecule has 0 bridgehead atoms. The molecule has 3 N–H and O–H groups in total. The third-order valence-electron chi connectivity index (χ3n) is 4.17. The van der Waals surface area contributed by atoms with E-state index in [4.69, 9.17) is 5.73 Å². The summed E-state index contributed by atoms with van der Waals surface area (Å²) in [6, 6.07) is 8.81. The fraction of sp³-hybridized carbons (Fsp3) is 0.625. The number of hydrogen-bond acceptors (Lipinski definition) is 3. The topological polar surface area (TPSA) is 49.5 Å². The van der Waals surface area contributed by atoms with Gasteiger partial charge in [0, 0.05) is 25.8 Å². The van der Waals surface area contributed by atoms with E-state index in [1.54, 1.807) is 0 Å². The summed E-state index contributed by atoms with van der Waals surface area (Å²) in [7, 11) is 1.99. The Morgan fingerprint density at radius 2 is 1.84 bits per heavy atom. The quantitative estimate of drug-likeness (QED) is 0.857. The third-order valence-corrected chi connectivity index (χ3v) is 4.17. The van der Waals surface area contributed by atoms with Crippen LogP contribution in [0.1, 0.15) is 43.6 Å². The molecular formula is C16H26N2O. The number of hydrogen-bond donors (Lipinski definition) is 2. The van der Waals surface area contributed by atoms with Crippen LogP contribution in [0.15, 0.2) is 24.3 Å². The predicted octanol–water partition coefficient (Wildman–Crippen LogP) is 2.49. The van der Waals surface area contributed by atoms with Crippen molar-refractivity contribution in [3.8, 4) is 0 Å². The van der Waals surface area contributed by atoms with E-state index in [0.29, 0.717) is 13.1 Å². The minimum absolute atomic E-state index is 0.310. The van der Waals surface area contributed by atoms with Crippen LogP contribution in [-0.2, 0) is 0 Å². The van der Waals surface area contributed by atoms with Gasteiger partial charge in [-0.15, -0.1) is 0 Å². The van der Waals surface area contributed by atoms with E-state index < -0.39 is 6.10 Å². The van der Waals surface area contributed by atoms with Gasteiger partial charge in [-0.25, -0.2) is 0 Å². The van der Waals surface area contributed by atoms with Crippen molar-refractivity contribution in [2.45, 2.75) is 44.1 Å². The number of nitrogens with two attached hydrogens (primary N) is 1. The molecule has 0 aromatic heterocycles. The van der Waals surface area contributed by atoms with Crippen LogP contribution in [-0.4, -0.2) is 31.3 Å². The zero-order chi connectivity index (χ0) is 13.7. The molecule has 1 atom stereocenters. The maximum atomic E-state index is 9.58. The van der Waals surface area contributed by atoms with Gasteiger partial charge in [0.25, 0.3) is 0 Å². The Bertz CT molecular complexity index is 371. The molecule has 0 radical (unpaired) electrons. The molecule has 0 amide bonds. The molecule has 1 aromatic carbocycles. The van der Waals surface area contributed by atoms with Crippen molar-refractivity contribution in [2.75, 3.05) is 25.0 Å². The highest BCUT2D eigenvalue weighted by molar-refractivity contribution is 5.47. The van der Waals surface area contributed by atoms with E-state index in [9.17, 15) is 5.11 Å². The second-order valence-electron chi connectivity index (χ2n) is 5.70. The normalized spacial score (nSPS) is 18.3. The number of aliphatic hydroxyl groups excluding tert-OH is 1. The largest absolute Gasteiger partial charge is 0.390 e. The Balaban J connectivity index is 1.97. The smallest absolute Gasteiger partial charge is 0.0836 e. The van der Waals surface area contributed by atoms with Crippen molar-refractivity contribution in [1.82, 2.24) is 0 Å². The fourth-order valence-electron chi connectivity index (χ4n) is 2.93. The van der Waals surface area contributed by atoms with E-state index in [2.05, 4.69) is 29.2 Å². The van der Waals surface area contributed by atoms with Crippen molar-refractivity contribution < 1.29 is 5.11 Å². The lowest BCUT2D eigenvalue weighted by atomic mass is 9.84. The summed E-state index contributed by atoms with van der Waals surface area (Å²) in [5.74, 6) is 0.753. The van der Waals surface area contributed by atoms with Gasteiger partial charge in [-0.3, -0.25) is 0 Å². The van der Waals surface area contributed by atoms with E-state index >= 15 is 0 Å².